The summed E-state index contributed by atoms with van der Waals surface area (Å²) >= 11 is 13.5. The average molecular weight is 504 g/mol. The average Bonchev–Trinajstić information content (AvgIpc) is 3.14. The van der Waals surface area contributed by atoms with Crippen LogP contribution in [0.15, 0.2) is 54.2 Å². The van der Waals surface area contributed by atoms with E-state index in [-0.39, 0.29) is 24.0 Å². The number of thioether (sulfide) groups is 1. The normalized spacial score (nSPS) is 10.7. The summed E-state index contributed by atoms with van der Waals surface area (Å²) in [6.45, 7) is 7.90. The predicted molar refractivity (Wildman–Crippen MR) is 134 cm³/mol. The number of hydrogen-bond donors (Lipinski definition) is 2. The van der Waals surface area contributed by atoms with Crippen molar-refractivity contribution in [2.45, 2.75) is 32.0 Å². The zero-order valence-electron chi connectivity index (χ0n) is 18.2. The Morgan fingerprint density at radius 3 is 2.61 bits per heavy atom. The van der Waals surface area contributed by atoms with Gasteiger partial charge in [0.05, 0.1) is 12.2 Å². The number of anilines is 2. The van der Waals surface area contributed by atoms with Crippen molar-refractivity contribution in [1.82, 2.24) is 14.8 Å². The predicted octanol–water partition coefficient (Wildman–Crippen LogP) is 5.30. The number of aryl methyl sites for hydroxylation is 1. The van der Waals surface area contributed by atoms with Crippen molar-refractivity contribution in [2.75, 3.05) is 16.4 Å². The van der Waals surface area contributed by atoms with Crippen molar-refractivity contribution in [2.24, 2.45) is 0 Å². The van der Waals surface area contributed by atoms with Gasteiger partial charge >= 0.3 is 0 Å². The van der Waals surface area contributed by atoms with Crippen LogP contribution in [0.3, 0.4) is 0 Å². The Morgan fingerprint density at radius 2 is 1.88 bits per heavy atom. The summed E-state index contributed by atoms with van der Waals surface area (Å²) in [5, 5.41) is 15.6. The number of rotatable bonds is 9. The zero-order chi connectivity index (χ0) is 24.0. The summed E-state index contributed by atoms with van der Waals surface area (Å²) in [7, 11) is 0. The van der Waals surface area contributed by atoms with Crippen LogP contribution in [0, 0.1) is 13.8 Å². The molecule has 2 N–H and O–H groups in total. The Morgan fingerprint density at radius 1 is 1.09 bits per heavy atom. The molecular formula is C23H23Cl2N5O2S. The van der Waals surface area contributed by atoms with Crippen LogP contribution in [-0.2, 0) is 22.6 Å². The second kappa shape index (κ2) is 11.4. The minimum Gasteiger partial charge on any atom is -0.326 e. The first-order valence-corrected chi connectivity index (χ1v) is 11.8. The van der Waals surface area contributed by atoms with E-state index in [1.54, 1.807) is 41.0 Å². The quantitative estimate of drug-likeness (QED) is 0.305. The molecule has 0 aliphatic heterocycles. The number of nitrogens with one attached hydrogen (secondary N) is 2. The Hall–Kier alpha value is -2.81. The maximum absolute atomic E-state index is 12.5. The SMILES string of the molecule is C=CCn1c(CC(=O)Nc2ccc(C)c(Cl)c2)nnc1SCC(=O)Nc1cccc(Cl)c1C. The second-order valence-corrected chi connectivity index (χ2v) is 8.99. The summed E-state index contributed by atoms with van der Waals surface area (Å²) in [5.41, 5.74) is 2.99. The van der Waals surface area contributed by atoms with E-state index in [1.807, 2.05) is 19.9 Å². The molecule has 3 rings (SSSR count). The maximum atomic E-state index is 12.5. The lowest BCUT2D eigenvalue weighted by Gasteiger charge is -2.10. The molecular weight excluding hydrogens is 481 g/mol. The summed E-state index contributed by atoms with van der Waals surface area (Å²) in [6, 6.07) is 10.7. The van der Waals surface area contributed by atoms with Gasteiger partial charge in [0.25, 0.3) is 0 Å². The highest BCUT2D eigenvalue weighted by atomic mass is 35.5. The Labute approximate surface area is 206 Å². The first-order valence-electron chi connectivity index (χ1n) is 10.0. The smallest absolute Gasteiger partial charge is 0.234 e. The van der Waals surface area contributed by atoms with Gasteiger partial charge in [-0.15, -0.1) is 16.8 Å². The molecule has 0 saturated carbocycles. The number of carbonyl (C=O) groups is 2. The Balaban J connectivity index is 1.64. The van der Waals surface area contributed by atoms with E-state index in [0.29, 0.717) is 38.9 Å². The number of hydrogen-bond acceptors (Lipinski definition) is 5. The standard InChI is InChI=1S/C23H23Cl2N5O2S/c1-4-10-30-20(12-21(31)26-16-9-8-14(2)18(25)11-16)28-29-23(30)33-13-22(32)27-19-7-5-6-17(24)15(19)3/h4-9,11H,1,10,12-13H2,2-3H3,(H,26,31)(H,27,32). The molecule has 0 fully saturated rings. The van der Waals surface area contributed by atoms with Gasteiger partial charge in [-0.25, -0.2) is 0 Å². The molecule has 0 unspecified atom stereocenters. The van der Waals surface area contributed by atoms with Gasteiger partial charge in [0.1, 0.15) is 5.82 Å². The number of aromatic nitrogens is 3. The van der Waals surface area contributed by atoms with Crippen LogP contribution in [0.4, 0.5) is 11.4 Å². The molecule has 2 amide bonds. The van der Waals surface area contributed by atoms with E-state index in [2.05, 4.69) is 27.4 Å². The van der Waals surface area contributed by atoms with Crippen LogP contribution in [0.25, 0.3) is 0 Å². The molecule has 0 aliphatic rings. The third-order valence-corrected chi connectivity index (χ3v) is 6.54. The fraction of sp³-hybridized carbons (Fsp3) is 0.217. The minimum absolute atomic E-state index is 0.0147. The van der Waals surface area contributed by atoms with Crippen LogP contribution in [0.5, 0.6) is 0 Å². The van der Waals surface area contributed by atoms with Crippen molar-refractivity contribution < 1.29 is 9.59 Å². The van der Waals surface area contributed by atoms with Crippen molar-refractivity contribution in [3.63, 3.8) is 0 Å². The topological polar surface area (TPSA) is 88.9 Å². The van der Waals surface area contributed by atoms with Gasteiger partial charge in [0.2, 0.25) is 11.8 Å². The van der Waals surface area contributed by atoms with E-state index >= 15 is 0 Å². The van der Waals surface area contributed by atoms with Crippen molar-refractivity contribution in [1.29, 1.82) is 0 Å². The van der Waals surface area contributed by atoms with Crippen LogP contribution in [-0.4, -0.2) is 32.3 Å². The molecule has 0 atom stereocenters. The van der Waals surface area contributed by atoms with Gasteiger partial charge in [0.15, 0.2) is 5.16 Å². The number of benzene rings is 2. The molecule has 2 aromatic carbocycles. The molecule has 1 aromatic heterocycles. The number of nitrogens with zero attached hydrogens (tertiary/aromatic N) is 3. The first-order chi connectivity index (χ1) is 15.8. The molecule has 7 nitrogen and oxygen atoms in total. The molecule has 0 saturated heterocycles. The van der Waals surface area contributed by atoms with Crippen molar-refractivity contribution in [3.8, 4) is 0 Å². The lowest BCUT2D eigenvalue weighted by molar-refractivity contribution is -0.116. The van der Waals surface area contributed by atoms with Gasteiger partial charge in [-0.3, -0.25) is 9.59 Å². The zero-order valence-corrected chi connectivity index (χ0v) is 20.5. The third kappa shape index (κ3) is 6.60. The van der Waals surface area contributed by atoms with Crippen LogP contribution in [0.2, 0.25) is 10.0 Å². The Bertz CT molecular complexity index is 1200. The largest absolute Gasteiger partial charge is 0.326 e. The summed E-state index contributed by atoms with van der Waals surface area (Å²) in [6.07, 6.45) is 1.70. The molecule has 0 aliphatic carbocycles. The van der Waals surface area contributed by atoms with Crippen LogP contribution >= 0.6 is 35.0 Å². The maximum Gasteiger partial charge on any atom is 0.234 e. The molecule has 10 heteroatoms. The lowest BCUT2D eigenvalue weighted by Crippen LogP contribution is -2.18. The summed E-state index contributed by atoms with van der Waals surface area (Å²) in [5.74, 6) is 0.140. The monoisotopic (exact) mass is 503 g/mol. The van der Waals surface area contributed by atoms with Gasteiger partial charge in [0, 0.05) is 28.0 Å². The first kappa shape index (κ1) is 24.8. The highest BCUT2D eigenvalue weighted by Crippen LogP contribution is 2.24. The van der Waals surface area contributed by atoms with Gasteiger partial charge < -0.3 is 15.2 Å². The molecule has 33 heavy (non-hydrogen) atoms. The Kier molecular flexibility index (Phi) is 8.55. The molecule has 0 bridgehead atoms. The second-order valence-electron chi connectivity index (χ2n) is 7.24. The van der Waals surface area contributed by atoms with Crippen molar-refractivity contribution in [3.05, 3.63) is 76.0 Å². The molecule has 0 spiro atoms. The van der Waals surface area contributed by atoms with Crippen LogP contribution < -0.4 is 10.6 Å². The van der Waals surface area contributed by atoms with Gasteiger partial charge in [-0.1, -0.05) is 53.2 Å². The minimum atomic E-state index is -0.252. The molecule has 0 radical (unpaired) electrons. The highest BCUT2D eigenvalue weighted by molar-refractivity contribution is 7.99. The summed E-state index contributed by atoms with van der Waals surface area (Å²) < 4.78 is 1.76. The van der Waals surface area contributed by atoms with Crippen LogP contribution in [0.1, 0.15) is 17.0 Å². The molecule has 1 heterocycles. The third-order valence-electron chi connectivity index (χ3n) is 4.75. The highest BCUT2D eigenvalue weighted by Gasteiger charge is 2.17. The fourth-order valence-corrected chi connectivity index (χ4v) is 4.07. The van der Waals surface area contributed by atoms with E-state index in [9.17, 15) is 9.59 Å². The van der Waals surface area contributed by atoms with Gasteiger partial charge in [-0.2, -0.15) is 0 Å². The summed E-state index contributed by atoms with van der Waals surface area (Å²) in [4.78, 5) is 25.0. The number of carbonyl (C=O) groups excluding carboxylic acids is 2. The van der Waals surface area contributed by atoms with E-state index in [4.69, 9.17) is 23.2 Å². The number of allylic oxidation sites excluding steroid dienone is 1. The molecule has 3 aromatic rings. The lowest BCUT2D eigenvalue weighted by atomic mass is 10.2. The van der Waals surface area contributed by atoms with Gasteiger partial charge in [-0.05, 0) is 49.2 Å². The fourth-order valence-electron chi connectivity index (χ4n) is 2.95. The van der Waals surface area contributed by atoms with E-state index < -0.39 is 0 Å². The van der Waals surface area contributed by atoms with E-state index in [1.165, 1.54) is 11.8 Å². The number of halogens is 2. The van der Waals surface area contributed by atoms with E-state index in [0.717, 1.165) is 11.1 Å². The van der Waals surface area contributed by atoms with Crippen molar-refractivity contribution >= 4 is 58.2 Å². The molecule has 172 valence electrons. The number of amides is 2.